The summed E-state index contributed by atoms with van der Waals surface area (Å²) in [5.74, 6) is 1.83. The summed E-state index contributed by atoms with van der Waals surface area (Å²) in [5.41, 5.74) is 0. The fourth-order valence-corrected chi connectivity index (χ4v) is 1.56. The number of hydrogen-bond acceptors (Lipinski definition) is 3. The summed E-state index contributed by atoms with van der Waals surface area (Å²) in [6, 6.07) is 16.2. The van der Waals surface area contributed by atoms with Crippen LogP contribution in [0.2, 0.25) is 0 Å². The number of hydroxylamine groups is 2. The van der Waals surface area contributed by atoms with Gasteiger partial charge in [-0.2, -0.15) is 0 Å². The Morgan fingerprint density at radius 1 is 1.00 bits per heavy atom. The lowest BCUT2D eigenvalue weighted by Gasteiger charge is -2.17. The van der Waals surface area contributed by atoms with Crippen molar-refractivity contribution in [2.45, 2.75) is 6.92 Å². The average Bonchev–Trinajstić information content (AvgIpc) is 2.47. The molecule has 0 unspecified atom stereocenters. The number of amides is 1. The highest BCUT2D eigenvalue weighted by molar-refractivity contribution is 5.63. The van der Waals surface area contributed by atoms with E-state index in [4.69, 9.17) is 14.7 Å². The molecule has 20 heavy (non-hydrogen) atoms. The van der Waals surface area contributed by atoms with Gasteiger partial charge in [-0.15, -0.1) is 5.06 Å². The molecule has 0 aliphatic carbocycles. The molecule has 0 saturated carbocycles. The number of rotatable bonds is 5. The maximum atomic E-state index is 10.8. The molecule has 0 bridgehead atoms. The van der Waals surface area contributed by atoms with E-state index < -0.39 is 6.09 Å². The molecular weight excluding hydrogens is 258 g/mol. The van der Waals surface area contributed by atoms with Gasteiger partial charge in [-0.25, -0.2) is 4.79 Å². The quantitative estimate of drug-likeness (QED) is 0.842. The number of carbonyl (C=O) groups is 1. The maximum absolute atomic E-state index is 10.8. The highest BCUT2D eigenvalue weighted by atomic mass is 16.7. The molecule has 2 rings (SSSR count). The second-order valence-electron chi connectivity index (χ2n) is 3.96. The van der Waals surface area contributed by atoms with Gasteiger partial charge in [0.05, 0.1) is 6.54 Å². The third kappa shape index (κ3) is 3.65. The summed E-state index contributed by atoms with van der Waals surface area (Å²) in [5, 5.41) is 9.71. The van der Waals surface area contributed by atoms with Crippen molar-refractivity contribution in [3.05, 3.63) is 54.6 Å². The largest absolute Gasteiger partial charge is 0.463 e. The van der Waals surface area contributed by atoms with Gasteiger partial charge in [0.25, 0.3) is 0 Å². The van der Waals surface area contributed by atoms with Crippen molar-refractivity contribution in [3.8, 4) is 17.2 Å². The van der Waals surface area contributed by atoms with Crippen LogP contribution < -0.4 is 9.57 Å². The Hall–Kier alpha value is -2.69. The first kappa shape index (κ1) is 13.7. The highest BCUT2D eigenvalue weighted by Crippen LogP contribution is 2.23. The zero-order valence-electron chi connectivity index (χ0n) is 11.0. The van der Waals surface area contributed by atoms with E-state index in [1.54, 1.807) is 31.2 Å². The fraction of sp³-hybridized carbons (Fsp3) is 0.133. The number of benzene rings is 2. The SMILES string of the molecule is CCN(Oc1ccc(Oc2ccccc2)cc1)C(=O)O. The minimum Gasteiger partial charge on any atom is -0.463 e. The van der Waals surface area contributed by atoms with Crippen molar-refractivity contribution in [3.63, 3.8) is 0 Å². The molecule has 0 aromatic heterocycles. The summed E-state index contributed by atoms with van der Waals surface area (Å²) >= 11 is 0. The Balaban J connectivity index is 2.01. The Labute approximate surface area is 116 Å². The standard InChI is InChI=1S/C15H15NO4/c1-2-16(15(17)18)20-14-10-8-13(9-11-14)19-12-6-4-3-5-7-12/h3-11H,2H2,1H3,(H,17,18). The summed E-state index contributed by atoms with van der Waals surface area (Å²) in [7, 11) is 0. The molecule has 0 aliphatic heterocycles. The first-order valence-electron chi connectivity index (χ1n) is 6.20. The van der Waals surface area contributed by atoms with Crippen LogP contribution in [0.1, 0.15) is 6.92 Å². The number of hydrogen-bond donors (Lipinski definition) is 1. The van der Waals surface area contributed by atoms with Crippen LogP contribution in [-0.4, -0.2) is 22.8 Å². The predicted molar refractivity (Wildman–Crippen MR) is 74.0 cm³/mol. The Morgan fingerprint density at radius 3 is 2.10 bits per heavy atom. The third-order valence-corrected chi connectivity index (χ3v) is 2.52. The van der Waals surface area contributed by atoms with Crippen molar-refractivity contribution < 1.29 is 19.5 Å². The second-order valence-corrected chi connectivity index (χ2v) is 3.96. The highest BCUT2D eigenvalue weighted by Gasteiger charge is 2.11. The molecular formula is C15H15NO4. The molecule has 0 aliphatic rings. The van der Waals surface area contributed by atoms with Gasteiger partial charge in [0.15, 0.2) is 5.75 Å². The topological polar surface area (TPSA) is 59.0 Å². The van der Waals surface area contributed by atoms with Gasteiger partial charge < -0.3 is 14.7 Å². The fourth-order valence-electron chi connectivity index (χ4n) is 1.56. The zero-order chi connectivity index (χ0) is 14.4. The van der Waals surface area contributed by atoms with Gasteiger partial charge in [0.1, 0.15) is 11.5 Å². The van der Waals surface area contributed by atoms with E-state index in [9.17, 15) is 4.79 Å². The lowest BCUT2D eigenvalue weighted by atomic mass is 10.3. The predicted octanol–water partition coefficient (Wildman–Crippen LogP) is 3.77. The van der Waals surface area contributed by atoms with Crippen molar-refractivity contribution in [1.29, 1.82) is 0 Å². The third-order valence-electron chi connectivity index (χ3n) is 2.52. The van der Waals surface area contributed by atoms with Crippen molar-refractivity contribution in [1.82, 2.24) is 5.06 Å². The van der Waals surface area contributed by atoms with E-state index in [1.807, 2.05) is 30.3 Å². The lowest BCUT2D eigenvalue weighted by Crippen LogP contribution is -2.32. The molecule has 104 valence electrons. The van der Waals surface area contributed by atoms with Crippen molar-refractivity contribution >= 4 is 6.09 Å². The van der Waals surface area contributed by atoms with E-state index in [-0.39, 0.29) is 6.54 Å². The van der Waals surface area contributed by atoms with E-state index in [0.29, 0.717) is 11.5 Å². The van der Waals surface area contributed by atoms with E-state index in [1.165, 1.54) is 0 Å². The van der Waals surface area contributed by atoms with Gasteiger partial charge in [0, 0.05) is 0 Å². The molecule has 5 heteroatoms. The summed E-state index contributed by atoms with van der Waals surface area (Å²) < 4.78 is 5.63. The minimum absolute atomic E-state index is 0.248. The zero-order valence-corrected chi connectivity index (χ0v) is 11.0. The number of nitrogens with zero attached hydrogens (tertiary/aromatic N) is 1. The number of para-hydroxylation sites is 1. The smallest absolute Gasteiger partial charge is 0.440 e. The molecule has 5 nitrogen and oxygen atoms in total. The molecule has 0 radical (unpaired) electrons. The lowest BCUT2D eigenvalue weighted by molar-refractivity contribution is -0.0315. The van der Waals surface area contributed by atoms with Crippen molar-refractivity contribution in [2.75, 3.05) is 6.54 Å². The van der Waals surface area contributed by atoms with Crippen LogP contribution in [0.4, 0.5) is 4.79 Å². The van der Waals surface area contributed by atoms with Crippen molar-refractivity contribution in [2.24, 2.45) is 0 Å². The van der Waals surface area contributed by atoms with Gasteiger partial charge in [-0.05, 0) is 43.3 Å². The van der Waals surface area contributed by atoms with Gasteiger partial charge in [0.2, 0.25) is 0 Å². The molecule has 2 aromatic carbocycles. The Kier molecular flexibility index (Phi) is 4.44. The van der Waals surface area contributed by atoms with Gasteiger partial charge in [-0.3, -0.25) is 0 Å². The monoisotopic (exact) mass is 273 g/mol. The Morgan fingerprint density at radius 2 is 1.55 bits per heavy atom. The molecule has 2 aromatic rings. The van der Waals surface area contributed by atoms with E-state index in [0.717, 1.165) is 10.8 Å². The molecule has 1 N–H and O–H groups in total. The van der Waals surface area contributed by atoms with Gasteiger partial charge in [-0.1, -0.05) is 18.2 Å². The van der Waals surface area contributed by atoms with Crippen LogP contribution in [0, 0.1) is 0 Å². The van der Waals surface area contributed by atoms with Crippen LogP contribution in [0.5, 0.6) is 17.2 Å². The van der Waals surface area contributed by atoms with E-state index in [2.05, 4.69) is 0 Å². The van der Waals surface area contributed by atoms with Gasteiger partial charge >= 0.3 is 6.09 Å². The minimum atomic E-state index is -1.13. The molecule has 0 atom stereocenters. The summed E-state index contributed by atoms with van der Waals surface area (Å²) in [4.78, 5) is 16.0. The summed E-state index contributed by atoms with van der Waals surface area (Å²) in [6.07, 6.45) is -1.13. The first-order valence-corrected chi connectivity index (χ1v) is 6.20. The normalized spacial score (nSPS) is 9.85. The number of ether oxygens (including phenoxy) is 1. The van der Waals surface area contributed by atoms with Crippen LogP contribution in [-0.2, 0) is 0 Å². The molecule has 0 spiro atoms. The maximum Gasteiger partial charge on any atom is 0.440 e. The molecule has 0 saturated heterocycles. The summed E-state index contributed by atoms with van der Waals surface area (Å²) in [6.45, 7) is 1.94. The van der Waals surface area contributed by atoms with Crippen LogP contribution in [0.3, 0.4) is 0 Å². The molecule has 0 heterocycles. The average molecular weight is 273 g/mol. The second kappa shape index (κ2) is 6.47. The first-order chi connectivity index (χ1) is 9.69. The van der Waals surface area contributed by atoms with Crippen LogP contribution in [0.25, 0.3) is 0 Å². The number of carboxylic acid groups (broad SMARTS) is 1. The molecule has 0 fully saturated rings. The van der Waals surface area contributed by atoms with E-state index >= 15 is 0 Å². The van der Waals surface area contributed by atoms with Crippen LogP contribution in [0.15, 0.2) is 54.6 Å². The van der Waals surface area contributed by atoms with Crippen LogP contribution >= 0.6 is 0 Å². The Bertz CT molecular complexity index is 554. The molecule has 1 amide bonds.